The van der Waals surface area contributed by atoms with Gasteiger partial charge in [-0.2, -0.15) is 12.7 Å². The molecule has 136 valence electrons. The SMILES string of the molecule is COc1cc(NS(=O)(=O)N2CC(C)OCC2C)cc(OC)c1OC. The van der Waals surface area contributed by atoms with Crippen molar-refractivity contribution in [1.29, 1.82) is 0 Å². The number of ether oxygens (including phenoxy) is 4. The molecule has 1 aromatic carbocycles. The molecule has 0 saturated carbocycles. The Balaban J connectivity index is 2.32. The Morgan fingerprint density at radius 3 is 2.21 bits per heavy atom. The molecule has 0 aromatic heterocycles. The van der Waals surface area contributed by atoms with Crippen LogP contribution in [0, 0.1) is 0 Å². The van der Waals surface area contributed by atoms with Crippen molar-refractivity contribution in [3.05, 3.63) is 12.1 Å². The van der Waals surface area contributed by atoms with Crippen molar-refractivity contribution < 1.29 is 27.4 Å². The van der Waals surface area contributed by atoms with Gasteiger partial charge in [-0.1, -0.05) is 0 Å². The zero-order valence-corrected chi connectivity index (χ0v) is 15.3. The highest BCUT2D eigenvalue weighted by atomic mass is 32.2. The monoisotopic (exact) mass is 360 g/mol. The van der Waals surface area contributed by atoms with Crippen molar-refractivity contribution in [2.75, 3.05) is 39.2 Å². The molecule has 1 N–H and O–H groups in total. The first-order chi connectivity index (χ1) is 11.3. The quantitative estimate of drug-likeness (QED) is 0.827. The Morgan fingerprint density at radius 2 is 1.71 bits per heavy atom. The van der Waals surface area contributed by atoms with Crippen LogP contribution in [0.3, 0.4) is 0 Å². The molecule has 1 saturated heterocycles. The molecule has 1 aromatic rings. The van der Waals surface area contributed by atoms with Crippen molar-refractivity contribution >= 4 is 15.9 Å². The topological polar surface area (TPSA) is 86.3 Å². The van der Waals surface area contributed by atoms with Crippen LogP contribution in [0.5, 0.6) is 17.2 Å². The van der Waals surface area contributed by atoms with Crippen LogP contribution in [0.1, 0.15) is 13.8 Å². The molecule has 0 amide bonds. The van der Waals surface area contributed by atoms with Crippen LogP contribution in [0.25, 0.3) is 0 Å². The van der Waals surface area contributed by atoms with Gasteiger partial charge < -0.3 is 18.9 Å². The molecule has 2 atom stereocenters. The number of anilines is 1. The Hall–Kier alpha value is -1.71. The minimum Gasteiger partial charge on any atom is -0.493 e. The predicted octanol–water partition coefficient (Wildman–Crippen LogP) is 1.48. The molecule has 1 aliphatic rings. The summed E-state index contributed by atoms with van der Waals surface area (Å²) in [5, 5.41) is 0. The Kier molecular flexibility index (Phi) is 5.79. The summed E-state index contributed by atoms with van der Waals surface area (Å²) in [6.07, 6.45) is -0.155. The highest BCUT2D eigenvalue weighted by Crippen LogP contribution is 2.40. The zero-order valence-electron chi connectivity index (χ0n) is 14.5. The number of nitrogens with one attached hydrogen (secondary N) is 1. The fourth-order valence-corrected chi connectivity index (χ4v) is 4.03. The molecule has 2 rings (SSSR count). The third-order valence-corrected chi connectivity index (χ3v) is 5.39. The molecule has 8 nitrogen and oxygen atoms in total. The molecule has 1 heterocycles. The number of methoxy groups -OCH3 is 3. The lowest BCUT2D eigenvalue weighted by molar-refractivity contribution is -0.0168. The van der Waals surface area contributed by atoms with Crippen LogP contribution in [-0.4, -0.2) is 59.3 Å². The van der Waals surface area contributed by atoms with E-state index in [0.29, 0.717) is 36.1 Å². The average Bonchev–Trinajstić information content (AvgIpc) is 2.55. The van der Waals surface area contributed by atoms with Crippen molar-refractivity contribution in [3.63, 3.8) is 0 Å². The Labute approximate surface area is 142 Å². The Morgan fingerprint density at radius 1 is 1.12 bits per heavy atom. The lowest BCUT2D eigenvalue weighted by Gasteiger charge is -2.35. The second-order valence-electron chi connectivity index (χ2n) is 5.58. The highest BCUT2D eigenvalue weighted by molar-refractivity contribution is 7.90. The van der Waals surface area contributed by atoms with E-state index >= 15 is 0 Å². The van der Waals surface area contributed by atoms with Gasteiger partial charge in [0.2, 0.25) is 5.75 Å². The van der Waals surface area contributed by atoms with Gasteiger partial charge in [0, 0.05) is 24.7 Å². The molecule has 0 spiro atoms. The first-order valence-corrected chi connectivity index (χ1v) is 8.97. The van der Waals surface area contributed by atoms with Gasteiger partial charge in [-0.3, -0.25) is 4.72 Å². The van der Waals surface area contributed by atoms with E-state index in [0.717, 1.165) is 0 Å². The molecular weight excluding hydrogens is 336 g/mol. The van der Waals surface area contributed by atoms with E-state index in [1.807, 2.05) is 6.92 Å². The van der Waals surface area contributed by atoms with E-state index in [1.54, 1.807) is 19.1 Å². The van der Waals surface area contributed by atoms with Crippen LogP contribution in [-0.2, 0) is 14.9 Å². The summed E-state index contributed by atoms with van der Waals surface area (Å²) in [6, 6.07) is 2.85. The van der Waals surface area contributed by atoms with E-state index in [2.05, 4.69) is 4.72 Å². The van der Waals surface area contributed by atoms with E-state index in [4.69, 9.17) is 18.9 Å². The molecule has 0 aliphatic carbocycles. The van der Waals surface area contributed by atoms with Gasteiger partial charge in [0.25, 0.3) is 0 Å². The predicted molar refractivity (Wildman–Crippen MR) is 90.2 cm³/mol. The molecule has 9 heteroatoms. The van der Waals surface area contributed by atoms with Crippen LogP contribution < -0.4 is 18.9 Å². The molecule has 1 aliphatic heterocycles. The number of rotatable bonds is 6. The van der Waals surface area contributed by atoms with Crippen molar-refractivity contribution in [3.8, 4) is 17.2 Å². The summed E-state index contributed by atoms with van der Waals surface area (Å²) < 4.78 is 50.6. The number of hydrogen-bond acceptors (Lipinski definition) is 6. The van der Waals surface area contributed by atoms with E-state index < -0.39 is 10.2 Å². The van der Waals surface area contributed by atoms with Gasteiger partial charge in [0.15, 0.2) is 11.5 Å². The van der Waals surface area contributed by atoms with Crippen LogP contribution in [0.15, 0.2) is 12.1 Å². The van der Waals surface area contributed by atoms with E-state index in [-0.39, 0.29) is 12.1 Å². The van der Waals surface area contributed by atoms with Gasteiger partial charge in [-0.05, 0) is 13.8 Å². The number of benzene rings is 1. The fourth-order valence-electron chi connectivity index (χ4n) is 2.56. The average molecular weight is 360 g/mol. The number of nitrogens with zero attached hydrogens (tertiary/aromatic N) is 1. The second kappa shape index (κ2) is 7.45. The highest BCUT2D eigenvalue weighted by Gasteiger charge is 2.33. The minimum atomic E-state index is -3.74. The van der Waals surface area contributed by atoms with Crippen molar-refractivity contribution in [2.24, 2.45) is 0 Å². The van der Waals surface area contributed by atoms with Crippen LogP contribution >= 0.6 is 0 Å². The molecule has 0 radical (unpaired) electrons. The van der Waals surface area contributed by atoms with Gasteiger partial charge in [0.1, 0.15) is 0 Å². The lowest BCUT2D eigenvalue weighted by atomic mass is 10.2. The molecule has 1 fully saturated rings. The Bertz CT molecular complexity index is 654. The minimum absolute atomic E-state index is 0.155. The summed E-state index contributed by atoms with van der Waals surface area (Å²) in [5.74, 6) is 1.15. The summed E-state index contributed by atoms with van der Waals surface area (Å²) in [5.41, 5.74) is 0.329. The number of morpholine rings is 1. The van der Waals surface area contributed by atoms with Crippen molar-refractivity contribution in [2.45, 2.75) is 26.0 Å². The number of hydrogen-bond donors (Lipinski definition) is 1. The standard InChI is InChI=1S/C15H24N2O6S/c1-10-9-23-11(2)8-17(10)24(18,19)16-12-6-13(20-3)15(22-5)14(7-12)21-4/h6-7,10-11,16H,8-9H2,1-5H3. The van der Waals surface area contributed by atoms with Gasteiger partial charge in [-0.15, -0.1) is 0 Å². The zero-order chi connectivity index (χ0) is 17.9. The van der Waals surface area contributed by atoms with Crippen molar-refractivity contribution in [1.82, 2.24) is 4.31 Å². The van der Waals surface area contributed by atoms with Crippen LogP contribution in [0.2, 0.25) is 0 Å². The lowest BCUT2D eigenvalue weighted by Crippen LogP contribution is -2.51. The third kappa shape index (κ3) is 3.85. The maximum atomic E-state index is 12.7. The van der Waals surface area contributed by atoms with E-state index in [9.17, 15) is 8.42 Å². The first-order valence-electron chi connectivity index (χ1n) is 7.53. The third-order valence-electron chi connectivity index (χ3n) is 3.77. The largest absolute Gasteiger partial charge is 0.493 e. The summed E-state index contributed by atoms with van der Waals surface area (Å²) in [4.78, 5) is 0. The molecular formula is C15H24N2O6S. The normalized spacial score (nSPS) is 22.0. The first kappa shape index (κ1) is 18.6. The summed E-state index contributed by atoms with van der Waals surface area (Å²) in [7, 11) is 0.698. The van der Waals surface area contributed by atoms with Gasteiger partial charge in [-0.25, -0.2) is 0 Å². The fraction of sp³-hybridized carbons (Fsp3) is 0.600. The smallest absolute Gasteiger partial charge is 0.302 e. The molecule has 0 bridgehead atoms. The second-order valence-corrected chi connectivity index (χ2v) is 7.21. The van der Waals surface area contributed by atoms with Crippen LogP contribution in [0.4, 0.5) is 5.69 Å². The summed E-state index contributed by atoms with van der Waals surface area (Å²) >= 11 is 0. The van der Waals surface area contributed by atoms with E-state index in [1.165, 1.54) is 25.6 Å². The molecule has 24 heavy (non-hydrogen) atoms. The molecule has 2 unspecified atom stereocenters. The summed E-state index contributed by atoms with van der Waals surface area (Å²) in [6.45, 7) is 4.30. The maximum Gasteiger partial charge on any atom is 0.302 e. The van der Waals surface area contributed by atoms with Gasteiger partial charge in [0.05, 0.1) is 39.7 Å². The maximum absolute atomic E-state index is 12.7. The van der Waals surface area contributed by atoms with Gasteiger partial charge >= 0.3 is 10.2 Å².